The minimum absolute atomic E-state index is 0.724. The molecule has 1 heteroatoms. The van der Waals surface area contributed by atoms with Crippen molar-refractivity contribution in [3.05, 3.63) is 32.9 Å². The minimum atomic E-state index is 0.724. The summed E-state index contributed by atoms with van der Waals surface area (Å²) in [4.78, 5) is 0. The third-order valence-electron chi connectivity index (χ3n) is 0.978. The van der Waals surface area contributed by atoms with Gasteiger partial charge >= 0.3 is 64.2 Å². The molecule has 0 aromatic rings. The zero-order valence-corrected chi connectivity index (χ0v) is 6.96. The molecule has 1 rings (SSSR count). The molecule has 1 aliphatic carbocycles. The van der Waals surface area contributed by atoms with Gasteiger partial charge in [-0.25, -0.2) is 0 Å². The van der Waals surface area contributed by atoms with Gasteiger partial charge in [-0.05, 0) is 0 Å². The zero-order chi connectivity index (χ0) is 6.53. The zero-order valence-electron chi connectivity index (χ0n) is 5.41. The van der Waals surface area contributed by atoms with E-state index in [1.54, 1.807) is 4.05 Å². The van der Waals surface area contributed by atoms with Gasteiger partial charge in [0.15, 0.2) is 0 Å². The fourth-order valence-corrected chi connectivity index (χ4v) is 1.85. The maximum absolute atomic E-state index is 2.24. The van der Waals surface area contributed by atoms with E-state index in [1.165, 1.54) is 6.42 Å². The molecule has 0 heterocycles. The summed E-state index contributed by atoms with van der Waals surface area (Å²) < 4.78 is 3.81. The van der Waals surface area contributed by atoms with Crippen molar-refractivity contribution >= 4 is 0 Å². The fourth-order valence-electron chi connectivity index (χ4n) is 0.596. The average molecular weight is 213 g/mol. The van der Waals surface area contributed by atoms with Gasteiger partial charge in [0.2, 0.25) is 0 Å². The normalized spacial score (nSPS) is 17.7. The number of hydrogen-bond acceptors (Lipinski definition) is 0. The second kappa shape index (κ2) is 3.82. The van der Waals surface area contributed by atoms with Crippen LogP contribution < -0.4 is 0 Å². The van der Waals surface area contributed by atoms with E-state index < -0.39 is 0 Å². The number of allylic oxidation sites excluding steroid dienone is 5. The van der Waals surface area contributed by atoms with Gasteiger partial charge < -0.3 is 0 Å². The Labute approximate surface area is 64.5 Å². The summed E-state index contributed by atoms with van der Waals surface area (Å²) in [7, 11) is 0. The second-order valence-electron chi connectivity index (χ2n) is 1.74. The second-order valence-corrected chi connectivity index (χ2v) is 3.70. The van der Waals surface area contributed by atoms with E-state index in [1.807, 2.05) is 0 Å². The predicted octanol–water partition coefficient (Wildman–Crippen LogP) is 2.45. The van der Waals surface area contributed by atoms with Crippen molar-refractivity contribution < 1.29 is 18.0 Å². The van der Waals surface area contributed by atoms with Gasteiger partial charge in [0, 0.05) is 0 Å². The van der Waals surface area contributed by atoms with Crippen molar-refractivity contribution in [2.24, 2.45) is 0 Å². The molecule has 0 fully saturated rings. The predicted molar refractivity (Wildman–Crippen MR) is 36.7 cm³/mol. The SMILES string of the molecule is CC=[CH][Pd][C]1=CC=CC1. The van der Waals surface area contributed by atoms with E-state index in [9.17, 15) is 0 Å². The van der Waals surface area contributed by atoms with Crippen LogP contribution in [0.4, 0.5) is 0 Å². The molecule has 0 aromatic carbocycles. The van der Waals surface area contributed by atoms with Gasteiger partial charge in [-0.2, -0.15) is 0 Å². The van der Waals surface area contributed by atoms with Gasteiger partial charge in [0.1, 0.15) is 0 Å². The molecule has 0 nitrogen and oxygen atoms in total. The molecule has 0 saturated heterocycles. The van der Waals surface area contributed by atoms with E-state index in [2.05, 4.69) is 35.8 Å². The van der Waals surface area contributed by atoms with Crippen LogP contribution in [0.15, 0.2) is 32.9 Å². The first-order valence-electron chi connectivity index (χ1n) is 2.97. The van der Waals surface area contributed by atoms with Crippen molar-refractivity contribution in [2.75, 3.05) is 0 Å². The van der Waals surface area contributed by atoms with Crippen LogP contribution in [0.25, 0.3) is 0 Å². The molecular weight excluding hydrogens is 203 g/mol. The third kappa shape index (κ3) is 2.30. The number of hydrogen-bond donors (Lipinski definition) is 0. The molecule has 0 saturated carbocycles. The fraction of sp³-hybridized carbons (Fsp3) is 0.250. The average Bonchev–Trinajstić information content (AvgIpc) is 2.34. The Morgan fingerprint density at radius 3 is 3.11 bits per heavy atom. The Morgan fingerprint density at radius 1 is 1.67 bits per heavy atom. The molecule has 0 N–H and O–H groups in total. The van der Waals surface area contributed by atoms with Crippen LogP contribution in [0.2, 0.25) is 0 Å². The van der Waals surface area contributed by atoms with Crippen LogP contribution in [0.3, 0.4) is 0 Å². The van der Waals surface area contributed by atoms with Crippen molar-refractivity contribution in [2.45, 2.75) is 13.3 Å². The maximum atomic E-state index is 2.24. The quantitative estimate of drug-likeness (QED) is 0.617. The molecule has 0 atom stereocenters. The van der Waals surface area contributed by atoms with Crippen molar-refractivity contribution in [3.63, 3.8) is 0 Å². The Kier molecular flexibility index (Phi) is 2.97. The summed E-state index contributed by atoms with van der Waals surface area (Å²) in [5, 5.41) is 0. The molecule has 0 radical (unpaired) electrons. The number of rotatable bonds is 2. The van der Waals surface area contributed by atoms with E-state index in [0.29, 0.717) is 0 Å². The molecule has 0 bridgehead atoms. The van der Waals surface area contributed by atoms with Crippen LogP contribution >= 0.6 is 0 Å². The van der Waals surface area contributed by atoms with E-state index >= 15 is 0 Å². The summed E-state index contributed by atoms with van der Waals surface area (Å²) in [6, 6.07) is 0. The van der Waals surface area contributed by atoms with Crippen LogP contribution in [0.1, 0.15) is 13.3 Å². The summed E-state index contributed by atoms with van der Waals surface area (Å²) in [6.45, 7) is 2.07. The monoisotopic (exact) mass is 212 g/mol. The van der Waals surface area contributed by atoms with E-state index in [0.717, 1.165) is 18.0 Å². The Bertz CT molecular complexity index is 163. The van der Waals surface area contributed by atoms with Gasteiger partial charge in [-0.1, -0.05) is 0 Å². The Hall–Kier alpha value is -0.118. The molecular formula is C8H10Pd. The summed E-state index contributed by atoms with van der Waals surface area (Å²) in [6.07, 6.45) is 9.86. The standard InChI is InChI=1S/C5H5.C3H5.Pd/c1-2-4-5-3-1;1-3-2;/h1-3H,4H2;1,3H,2H3;. The Morgan fingerprint density at radius 2 is 2.56 bits per heavy atom. The van der Waals surface area contributed by atoms with Gasteiger partial charge in [-0.3, -0.25) is 0 Å². The van der Waals surface area contributed by atoms with Gasteiger partial charge in [0.05, 0.1) is 0 Å². The van der Waals surface area contributed by atoms with Crippen LogP contribution in [0.5, 0.6) is 0 Å². The molecule has 0 unspecified atom stereocenters. The van der Waals surface area contributed by atoms with Crippen LogP contribution in [-0.4, -0.2) is 0 Å². The van der Waals surface area contributed by atoms with Crippen molar-refractivity contribution in [1.29, 1.82) is 0 Å². The van der Waals surface area contributed by atoms with Gasteiger partial charge in [0.25, 0.3) is 0 Å². The van der Waals surface area contributed by atoms with Crippen LogP contribution in [-0.2, 0) is 18.0 Å². The van der Waals surface area contributed by atoms with Crippen LogP contribution in [0, 0.1) is 0 Å². The molecule has 0 aromatic heterocycles. The van der Waals surface area contributed by atoms with E-state index in [-0.39, 0.29) is 0 Å². The Balaban J connectivity index is 2.30. The van der Waals surface area contributed by atoms with Crippen molar-refractivity contribution in [1.82, 2.24) is 0 Å². The summed E-state index contributed by atoms with van der Waals surface area (Å²) >= 11 is 0.724. The first-order chi connectivity index (χ1) is 4.43. The molecule has 0 amide bonds. The molecule has 0 aliphatic heterocycles. The third-order valence-corrected chi connectivity index (χ3v) is 2.91. The topological polar surface area (TPSA) is 0 Å². The molecule has 52 valence electrons. The molecule has 9 heavy (non-hydrogen) atoms. The summed E-state index contributed by atoms with van der Waals surface area (Å²) in [5.74, 6) is 0. The van der Waals surface area contributed by atoms with Crippen molar-refractivity contribution in [3.8, 4) is 0 Å². The molecule has 0 spiro atoms. The first kappa shape index (κ1) is 6.99. The van der Waals surface area contributed by atoms with Gasteiger partial charge in [-0.15, -0.1) is 0 Å². The first-order valence-corrected chi connectivity index (χ1v) is 4.64. The van der Waals surface area contributed by atoms with E-state index in [4.69, 9.17) is 0 Å². The summed E-state index contributed by atoms with van der Waals surface area (Å²) in [5.41, 5.74) is 0. The molecule has 1 aliphatic rings.